The van der Waals surface area contributed by atoms with E-state index in [9.17, 15) is 0 Å². The maximum absolute atomic E-state index is 5.29. The van der Waals surface area contributed by atoms with Gasteiger partial charge in [0.15, 0.2) is 0 Å². The summed E-state index contributed by atoms with van der Waals surface area (Å²) in [4.78, 5) is 5.60. The van der Waals surface area contributed by atoms with Gasteiger partial charge in [0.2, 0.25) is 0 Å². The number of hydrogen-bond donors (Lipinski definition) is 1. The van der Waals surface area contributed by atoms with Crippen molar-refractivity contribution in [3.05, 3.63) is 48.7 Å². The summed E-state index contributed by atoms with van der Waals surface area (Å²) in [5.41, 5.74) is 1.11. The van der Waals surface area contributed by atoms with Crippen molar-refractivity contribution in [2.24, 2.45) is 0 Å². The molecule has 0 aliphatic heterocycles. The molecule has 0 bridgehead atoms. The molecule has 0 unspecified atom stereocenters. The van der Waals surface area contributed by atoms with E-state index in [1.807, 2.05) is 42.6 Å². The number of hydrogen-bond acceptors (Lipinski definition) is 3. The zero-order chi connectivity index (χ0) is 13.9. The highest BCUT2D eigenvalue weighted by atomic mass is 32.2. The lowest BCUT2D eigenvalue weighted by atomic mass is 10.2. The van der Waals surface area contributed by atoms with E-state index in [0.29, 0.717) is 0 Å². The van der Waals surface area contributed by atoms with E-state index in [0.717, 1.165) is 27.3 Å². The Kier molecular flexibility index (Phi) is 3.56. The predicted octanol–water partition coefficient (Wildman–Crippen LogP) is 4.34. The second kappa shape index (κ2) is 5.51. The molecule has 3 nitrogen and oxygen atoms in total. The molecule has 0 amide bonds. The predicted molar refractivity (Wildman–Crippen MR) is 82.0 cm³/mol. The number of ether oxygens (including phenoxy) is 2. The van der Waals surface area contributed by atoms with Crippen molar-refractivity contribution in [3.8, 4) is 11.5 Å². The Morgan fingerprint density at radius 2 is 1.75 bits per heavy atom. The highest BCUT2D eigenvalue weighted by Gasteiger charge is 2.07. The minimum atomic E-state index is 0.865. The molecular weight excluding hydrogens is 270 g/mol. The van der Waals surface area contributed by atoms with Gasteiger partial charge < -0.3 is 14.5 Å². The summed E-state index contributed by atoms with van der Waals surface area (Å²) in [5, 5.41) is 1.16. The molecule has 1 N–H and O–H groups in total. The monoisotopic (exact) mass is 285 g/mol. The number of methoxy groups -OCH3 is 2. The van der Waals surface area contributed by atoms with Gasteiger partial charge in [-0.3, -0.25) is 0 Å². The molecule has 0 fully saturated rings. The van der Waals surface area contributed by atoms with Crippen LogP contribution in [-0.4, -0.2) is 19.2 Å². The quantitative estimate of drug-likeness (QED) is 0.774. The lowest BCUT2D eigenvalue weighted by molar-refractivity contribution is 0.413. The third-order valence-corrected chi connectivity index (χ3v) is 4.17. The summed E-state index contributed by atoms with van der Waals surface area (Å²) < 4.78 is 10.5. The highest BCUT2D eigenvalue weighted by Crippen LogP contribution is 2.36. The third-order valence-electron chi connectivity index (χ3n) is 3.12. The Morgan fingerprint density at radius 3 is 2.55 bits per heavy atom. The fraction of sp³-hybridized carbons (Fsp3) is 0.125. The van der Waals surface area contributed by atoms with Crippen LogP contribution in [0.4, 0.5) is 0 Å². The van der Waals surface area contributed by atoms with Crippen LogP contribution >= 0.6 is 11.8 Å². The Labute approximate surface area is 121 Å². The zero-order valence-electron chi connectivity index (χ0n) is 11.3. The Morgan fingerprint density at radius 1 is 0.950 bits per heavy atom. The molecule has 0 radical (unpaired) electrons. The summed E-state index contributed by atoms with van der Waals surface area (Å²) in [6, 6.07) is 14.1. The lowest BCUT2D eigenvalue weighted by Gasteiger charge is -2.04. The molecule has 0 atom stereocenters. The van der Waals surface area contributed by atoms with E-state index in [1.54, 1.807) is 26.0 Å². The molecular formula is C16H15NO2S. The van der Waals surface area contributed by atoms with Crippen molar-refractivity contribution in [2.75, 3.05) is 14.2 Å². The highest BCUT2D eigenvalue weighted by molar-refractivity contribution is 7.99. The average molecular weight is 285 g/mol. The molecule has 0 saturated heterocycles. The molecule has 0 spiro atoms. The molecule has 3 rings (SSSR count). The van der Waals surface area contributed by atoms with Gasteiger partial charge in [-0.25, -0.2) is 0 Å². The van der Waals surface area contributed by atoms with Gasteiger partial charge >= 0.3 is 0 Å². The second-order valence-corrected chi connectivity index (χ2v) is 5.46. The van der Waals surface area contributed by atoms with Gasteiger partial charge in [-0.05, 0) is 36.4 Å². The maximum atomic E-state index is 5.29. The molecule has 3 aromatic rings. The van der Waals surface area contributed by atoms with Crippen LogP contribution in [0.15, 0.2) is 58.5 Å². The smallest absolute Gasteiger partial charge is 0.119 e. The summed E-state index contributed by atoms with van der Waals surface area (Å²) in [6.07, 6.45) is 2.02. The first kappa shape index (κ1) is 12.9. The SMILES string of the molecule is COc1cccc(Sc2c[nH]c3ccc(OC)cc23)c1. The fourth-order valence-electron chi connectivity index (χ4n) is 2.08. The topological polar surface area (TPSA) is 34.2 Å². The van der Waals surface area contributed by atoms with Crippen LogP contribution in [0, 0.1) is 0 Å². The third kappa shape index (κ3) is 2.47. The standard InChI is InChI=1S/C16H15NO2S/c1-18-11-4-3-5-13(8-11)20-16-10-17-15-7-6-12(19-2)9-14(15)16/h3-10,17H,1-2H3. The van der Waals surface area contributed by atoms with Gasteiger partial charge in [0.25, 0.3) is 0 Å². The maximum Gasteiger partial charge on any atom is 0.119 e. The second-order valence-electron chi connectivity index (χ2n) is 4.35. The molecule has 0 saturated carbocycles. The van der Waals surface area contributed by atoms with Crippen LogP contribution in [0.1, 0.15) is 0 Å². The molecule has 1 aromatic heterocycles. The van der Waals surface area contributed by atoms with Crippen molar-refractivity contribution >= 4 is 22.7 Å². The molecule has 20 heavy (non-hydrogen) atoms. The van der Waals surface area contributed by atoms with Crippen LogP contribution in [0.3, 0.4) is 0 Å². The summed E-state index contributed by atoms with van der Waals surface area (Å²) in [5.74, 6) is 1.73. The summed E-state index contributed by atoms with van der Waals surface area (Å²) in [7, 11) is 3.36. The van der Waals surface area contributed by atoms with Crippen LogP contribution in [0.2, 0.25) is 0 Å². The largest absolute Gasteiger partial charge is 0.497 e. The zero-order valence-corrected chi connectivity index (χ0v) is 12.2. The van der Waals surface area contributed by atoms with Crippen molar-refractivity contribution < 1.29 is 9.47 Å². The number of nitrogens with one attached hydrogen (secondary N) is 1. The van der Waals surface area contributed by atoms with Crippen molar-refractivity contribution in [3.63, 3.8) is 0 Å². The van der Waals surface area contributed by atoms with Gasteiger partial charge in [0.05, 0.1) is 14.2 Å². The molecule has 102 valence electrons. The molecule has 4 heteroatoms. The molecule has 2 aromatic carbocycles. The van der Waals surface area contributed by atoms with E-state index in [1.165, 1.54) is 4.90 Å². The van der Waals surface area contributed by atoms with Crippen molar-refractivity contribution in [1.82, 2.24) is 4.98 Å². The number of benzene rings is 2. The summed E-state index contributed by atoms with van der Waals surface area (Å²) >= 11 is 1.71. The van der Waals surface area contributed by atoms with E-state index in [2.05, 4.69) is 11.1 Å². The Bertz CT molecular complexity index is 736. The number of rotatable bonds is 4. The van der Waals surface area contributed by atoms with Gasteiger partial charge in [-0.15, -0.1) is 0 Å². The lowest BCUT2D eigenvalue weighted by Crippen LogP contribution is -1.82. The molecule has 1 heterocycles. The fourth-order valence-corrected chi connectivity index (χ4v) is 3.05. The number of aromatic nitrogens is 1. The minimum Gasteiger partial charge on any atom is -0.497 e. The van der Waals surface area contributed by atoms with Crippen LogP contribution < -0.4 is 9.47 Å². The van der Waals surface area contributed by atoms with Crippen LogP contribution in [0.25, 0.3) is 10.9 Å². The van der Waals surface area contributed by atoms with Gasteiger partial charge in [0, 0.05) is 26.9 Å². The number of fused-ring (bicyclic) bond motifs is 1. The molecule has 0 aliphatic carbocycles. The van der Waals surface area contributed by atoms with Crippen molar-refractivity contribution in [1.29, 1.82) is 0 Å². The molecule has 0 aliphatic rings. The van der Waals surface area contributed by atoms with E-state index < -0.39 is 0 Å². The first-order chi connectivity index (χ1) is 9.80. The summed E-state index contributed by atoms with van der Waals surface area (Å²) in [6.45, 7) is 0. The number of H-pyrrole nitrogens is 1. The van der Waals surface area contributed by atoms with Gasteiger partial charge in [-0.2, -0.15) is 0 Å². The average Bonchev–Trinajstić information content (AvgIpc) is 2.89. The van der Waals surface area contributed by atoms with E-state index in [4.69, 9.17) is 9.47 Å². The van der Waals surface area contributed by atoms with Gasteiger partial charge in [-0.1, -0.05) is 17.8 Å². The first-order valence-corrected chi connectivity index (χ1v) is 7.09. The van der Waals surface area contributed by atoms with Crippen LogP contribution in [0.5, 0.6) is 11.5 Å². The van der Waals surface area contributed by atoms with E-state index >= 15 is 0 Å². The minimum absolute atomic E-state index is 0.865. The Hall–Kier alpha value is -2.07. The van der Waals surface area contributed by atoms with Crippen LogP contribution in [-0.2, 0) is 0 Å². The van der Waals surface area contributed by atoms with Gasteiger partial charge in [0.1, 0.15) is 11.5 Å². The van der Waals surface area contributed by atoms with Crippen molar-refractivity contribution in [2.45, 2.75) is 9.79 Å². The number of aromatic amines is 1. The van der Waals surface area contributed by atoms with E-state index in [-0.39, 0.29) is 0 Å². The Balaban J connectivity index is 1.97. The normalized spacial score (nSPS) is 10.7. The first-order valence-electron chi connectivity index (χ1n) is 6.27.